The van der Waals surface area contributed by atoms with E-state index in [1.807, 2.05) is 19.3 Å². The third-order valence-electron chi connectivity index (χ3n) is 5.73. The SMILES string of the molecule is CN(Cc1noc2c1CCCC2)C(=O)N[C@@H]1CCCN(Cc2cccnc2)C1. The number of aryl methyl sites for hydroxylation is 1. The number of hydrogen-bond donors (Lipinski definition) is 1. The Morgan fingerprint density at radius 2 is 2.25 bits per heavy atom. The van der Waals surface area contributed by atoms with Gasteiger partial charge in [0.25, 0.3) is 0 Å². The molecule has 0 bridgehead atoms. The number of piperidine rings is 1. The fourth-order valence-electron chi connectivity index (χ4n) is 4.22. The van der Waals surface area contributed by atoms with E-state index in [4.69, 9.17) is 4.52 Å². The Bertz CT molecular complexity index is 791. The van der Waals surface area contributed by atoms with Crippen LogP contribution >= 0.6 is 0 Å². The number of pyridine rings is 1. The minimum atomic E-state index is -0.0409. The summed E-state index contributed by atoms with van der Waals surface area (Å²) in [7, 11) is 1.83. The average Bonchev–Trinajstić information content (AvgIpc) is 3.12. The van der Waals surface area contributed by atoms with Gasteiger partial charge in [0.2, 0.25) is 0 Å². The molecule has 2 amide bonds. The molecule has 2 aromatic rings. The number of nitrogens with zero attached hydrogens (tertiary/aromatic N) is 4. The first-order chi connectivity index (χ1) is 13.7. The molecule has 1 saturated heterocycles. The van der Waals surface area contributed by atoms with E-state index in [0.717, 1.165) is 63.2 Å². The maximum Gasteiger partial charge on any atom is 0.317 e. The summed E-state index contributed by atoms with van der Waals surface area (Å²) in [6.07, 6.45) is 10.1. The summed E-state index contributed by atoms with van der Waals surface area (Å²) < 4.78 is 5.47. The average molecular weight is 383 g/mol. The van der Waals surface area contributed by atoms with Crippen molar-refractivity contribution in [3.8, 4) is 0 Å². The van der Waals surface area contributed by atoms with Gasteiger partial charge in [-0.1, -0.05) is 11.2 Å². The summed E-state index contributed by atoms with van der Waals surface area (Å²) in [5.41, 5.74) is 3.34. The van der Waals surface area contributed by atoms with Crippen LogP contribution in [0.3, 0.4) is 0 Å². The number of nitrogens with one attached hydrogen (secondary N) is 1. The van der Waals surface area contributed by atoms with Crippen molar-refractivity contribution in [3.05, 3.63) is 47.1 Å². The van der Waals surface area contributed by atoms with Crippen LogP contribution in [0, 0.1) is 0 Å². The van der Waals surface area contributed by atoms with Gasteiger partial charge in [-0.25, -0.2) is 4.79 Å². The number of carbonyl (C=O) groups is 1. The molecule has 1 fully saturated rings. The number of likely N-dealkylation sites (tertiary alicyclic amines) is 1. The van der Waals surface area contributed by atoms with Crippen LogP contribution < -0.4 is 5.32 Å². The molecule has 150 valence electrons. The summed E-state index contributed by atoms with van der Waals surface area (Å²) in [6.45, 7) is 3.30. The van der Waals surface area contributed by atoms with Crippen LogP contribution in [-0.2, 0) is 25.9 Å². The van der Waals surface area contributed by atoms with Crippen molar-refractivity contribution in [1.82, 2.24) is 25.3 Å². The molecule has 4 rings (SSSR count). The molecule has 1 atom stereocenters. The first kappa shape index (κ1) is 18.9. The third-order valence-corrected chi connectivity index (χ3v) is 5.73. The minimum absolute atomic E-state index is 0.0409. The quantitative estimate of drug-likeness (QED) is 0.859. The molecular weight excluding hydrogens is 354 g/mol. The van der Waals surface area contributed by atoms with E-state index in [1.165, 1.54) is 17.5 Å². The van der Waals surface area contributed by atoms with E-state index in [2.05, 4.69) is 26.4 Å². The van der Waals surface area contributed by atoms with Crippen molar-refractivity contribution in [3.63, 3.8) is 0 Å². The molecule has 0 saturated carbocycles. The molecule has 1 aliphatic carbocycles. The first-order valence-electron chi connectivity index (χ1n) is 10.3. The molecule has 0 unspecified atom stereocenters. The van der Waals surface area contributed by atoms with E-state index in [-0.39, 0.29) is 12.1 Å². The van der Waals surface area contributed by atoms with Crippen LogP contribution in [0.5, 0.6) is 0 Å². The smallest absolute Gasteiger partial charge is 0.317 e. The summed E-state index contributed by atoms with van der Waals surface area (Å²) >= 11 is 0. The zero-order valence-electron chi connectivity index (χ0n) is 16.6. The van der Waals surface area contributed by atoms with Crippen molar-refractivity contribution in [2.75, 3.05) is 20.1 Å². The first-order valence-corrected chi connectivity index (χ1v) is 10.3. The number of urea groups is 1. The predicted molar refractivity (Wildman–Crippen MR) is 106 cm³/mol. The minimum Gasteiger partial charge on any atom is -0.361 e. The summed E-state index contributed by atoms with van der Waals surface area (Å²) in [6, 6.07) is 4.20. The zero-order valence-corrected chi connectivity index (χ0v) is 16.6. The lowest BCUT2D eigenvalue weighted by atomic mass is 9.96. The van der Waals surface area contributed by atoms with Gasteiger partial charge in [0.1, 0.15) is 11.5 Å². The van der Waals surface area contributed by atoms with Gasteiger partial charge < -0.3 is 14.7 Å². The molecular formula is C21H29N5O2. The van der Waals surface area contributed by atoms with Crippen molar-refractivity contribution in [2.24, 2.45) is 0 Å². The number of rotatable bonds is 5. The van der Waals surface area contributed by atoms with Crippen molar-refractivity contribution in [2.45, 2.75) is 57.7 Å². The van der Waals surface area contributed by atoms with E-state index >= 15 is 0 Å². The molecule has 2 aromatic heterocycles. The highest BCUT2D eigenvalue weighted by atomic mass is 16.5. The highest BCUT2D eigenvalue weighted by Gasteiger charge is 2.25. The maximum atomic E-state index is 12.7. The molecule has 2 aliphatic rings. The normalized spacial score (nSPS) is 19.8. The van der Waals surface area contributed by atoms with Crippen LogP contribution in [-0.4, -0.2) is 52.2 Å². The molecule has 7 nitrogen and oxygen atoms in total. The molecule has 0 aromatic carbocycles. The predicted octanol–water partition coefficient (Wildman–Crippen LogP) is 2.75. The molecule has 3 heterocycles. The van der Waals surface area contributed by atoms with Crippen LogP contribution in [0.4, 0.5) is 4.79 Å². The number of aromatic nitrogens is 2. The number of amides is 2. The Morgan fingerprint density at radius 3 is 3.11 bits per heavy atom. The van der Waals surface area contributed by atoms with Gasteiger partial charge in [0.15, 0.2) is 0 Å². The number of fused-ring (bicyclic) bond motifs is 1. The standard InChI is InChI=1S/C21H29N5O2/c1-25(15-19-18-8-2-3-9-20(18)28-24-19)21(27)23-17-7-5-11-26(14-17)13-16-6-4-10-22-12-16/h4,6,10,12,17H,2-3,5,7-9,11,13-15H2,1H3,(H,23,27)/t17-/m1/s1. The fourth-order valence-corrected chi connectivity index (χ4v) is 4.22. The fraction of sp³-hybridized carbons (Fsp3) is 0.571. The second-order valence-electron chi connectivity index (χ2n) is 7.98. The van der Waals surface area contributed by atoms with Crippen molar-refractivity contribution < 1.29 is 9.32 Å². The van der Waals surface area contributed by atoms with Crippen LogP contribution in [0.15, 0.2) is 29.0 Å². The molecule has 0 spiro atoms. The lowest BCUT2D eigenvalue weighted by molar-refractivity contribution is 0.166. The van der Waals surface area contributed by atoms with Gasteiger partial charge >= 0.3 is 6.03 Å². The summed E-state index contributed by atoms with van der Waals surface area (Å²) in [5, 5.41) is 7.41. The largest absolute Gasteiger partial charge is 0.361 e. The molecule has 28 heavy (non-hydrogen) atoms. The van der Waals surface area contributed by atoms with E-state index in [0.29, 0.717) is 6.54 Å². The Hall–Kier alpha value is -2.41. The molecule has 1 aliphatic heterocycles. The lowest BCUT2D eigenvalue weighted by Crippen LogP contribution is -2.50. The second kappa shape index (κ2) is 8.73. The Morgan fingerprint density at radius 1 is 1.36 bits per heavy atom. The van der Waals surface area contributed by atoms with E-state index in [9.17, 15) is 4.79 Å². The van der Waals surface area contributed by atoms with Crippen LogP contribution in [0.25, 0.3) is 0 Å². The van der Waals surface area contributed by atoms with Gasteiger partial charge in [0.05, 0.1) is 6.54 Å². The summed E-state index contributed by atoms with van der Waals surface area (Å²) in [5.74, 6) is 1.01. The van der Waals surface area contributed by atoms with Gasteiger partial charge in [-0.15, -0.1) is 0 Å². The van der Waals surface area contributed by atoms with Crippen molar-refractivity contribution >= 4 is 6.03 Å². The number of hydrogen-bond acceptors (Lipinski definition) is 5. The highest BCUT2D eigenvalue weighted by molar-refractivity contribution is 5.74. The van der Waals surface area contributed by atoms with E-state index in [1.54, 1.807) is 11.1 Å². The van der Waals surface area contributed by atoms with Crippen LogP contribution in [0.2, 0.25) is 0 Å². The highest BCUT2D eigenvalue weighted by Crippen LogP contribution is 2.25. The lowest BCUT2D eigenvalue weighted by Gasteiger charge is -2.34. The Kier molecular flexibility index (Phi) is 5.90. The Labute approximate surface area is 166 Å². The third kappa shape index (κ3) is 4.52. The topological polar surface area (TPSA) is 74.5 Å². The van der Waals surface area contributed by atoms with Crippen LogP contribution in [0.1, 0.15) is 48.3 Å². The second-order valence-corrected chi connectivity index (χ2v) is 7.98. The maximum absolute atomic E-state index is 12.7. The van der Waals surface area contributed by atoms with Gasteiger partial charge in [-0.05, 0) is 50.3 Å². The monoisotopic (exact) mass is 383 g/mol. The van der Waals surface area contributed by atoms with Gasteiger partial charge in [0, 0.05) is 50.6 Å². The van der Waals surface area contributed by atoms with Gasteiger partial charge in [-0.2, -0.15) is 0 Å². The van der Waals surface area contributed by atoms with E-state index < -0.39 is 0 Å². The number of carbonyl (C=O) groups excluding carboxylic acids is 1. The van der Waals surface area contributed by atoms with Gasteiger partial charge in [-0.3, -0.25) is 9.88 Å². The summed E-state index contributed by atoms with van der Waals surface area (Å²) in [4.78, 5) is 21.0. The van der Waals surface area contributed by atoms with Crippen molar-refractivity contribution in [1.29, 1.82) is 0 Å². The Balaban J connectivity index is 1.29. The molecule has 0 radical (unpaired) electrons. The molecule has 1 N–H and O–H groups in total. The zero-order chi connectivity index (χ0) is 19.3. The molecule has 7 heteroatoms.